The third-order valence-electron chi connectivity index (χ3n) is 5.84. The number of halogens is 1. The molecule has 3 aromatic carbocycles. The van der Waals surface area contributed by atoms with E-state index >= 15 is 0 Å². The van der Waals surface area contributed by atoms with E-state index < -0.39 is 11.8 Å². The third kappa shape index (κ3) is 6.09. The van der Waals surface area contributed by atoms with Gasteiger partial charge in [0, 0.05) is 4.47 Å². The van der Waals surface area contributed by atoms with E-state index in [1.807, 2.05) is 56.3 Å². The third-order valence-corrected chi connectivity index (χ3v) is 6.82. The van der Waals surface area contributed by atoms with Gasteiger partial charge in [-0.1, -0.05) is 64.8 Å². The zero-order valence-electron chi connectivity index (χ0n) is 20.8. The van der Waals surface area contributed by atoms with Crippen LogP contribution in [0.1, 0.15) is 36.1 Å². The summed E-state index contributed by atoms with van der Waals surface area (Å²) in [7, 11) is 0. The topological polar surface area (TPSA) is 67.9 Å². The first-order valence-corrected chi connectivity index (χ1v) is 13.2. The number of nitrogens with one attached hydrogen (secondary N) is 1. The summed E-state index contributed by atoms with van der Waals surface area (Å²) >= 11 is 8.88. The number of carbonyl (C=O) groups is 2. The van der Waals surface area contributed by atoms with E-state index in [-0.39, 0.29) is 10.7 Å². The van der Waals surface area contributed by atoms with Crippen molar-refractivity contribution < 1.29 is 19.1 Å². The predicted molar refractivity (Wildman–Crippen MR) is 153 cm³/mol. The molecule has 0 saturated carbocycles. The summed E-state index contributed by atoms with van der Waals surface area (Å²) in [5.41, 5.74) is 4.48. The largest absolute Gasteiger partial charge is 0.490 e. The van der Waals surface area contributed by atoms with E-state index in [4.69, 9.17) is 21.7 Å². The van der Waals surface area contributed by atoms with Crippen LogP contribution >= 0.6 is 28.1 Å². The van der Waals surface area contributed by atoms with Gasteiger partial charge < -0.3 is 9.47 Å². The number of hydrogen-bond donors (Lipinski definition) is 1. The van der Waals surface area contributed by atoms with E-state index in [0.29, 0.717) is 40.4 Å². The van der Waals surface area contributed by atoms with Crippen molar-refractivity contribution in [1.82, 2.24) is 5.32 Å². The summed E-state index contributed by atoms with van der Waals surface area (Å²) in [6, 6.07) is 19.1. The lowest BCUT2D eigenvalue weighted by molar-refractivity contribution is -0.122. The highest BCUT2D eigenvalue weighted by Gasteiger charge is 2.34. The average Bonchev–Trinajstić information content (AvgIpc) is 2.87. The van der Waals surface area contributed by atoms with Crippen molar-refractivity contribution in [3.63, 3.8) is 0 Å². The summed E-state index contributed by atoms with van der Waals surface area (Å²) in [6.07, 6.45) is 2.41. The van der Waals surface area contributed by atoms with Crippen LogP contribution in [0.25, 0.3) is 6.08 Å². The number of hydrogen-bond acceptors (Lipinski definition) is 5. The van der Waals surface area contributed by atoms with Gasteiger partial charge in [-0.3, -0.25) is 19.8 Å². The second kappa shape index (κ2) is 11.7. The molecule has 3 aromatic rings. The second-order valence-electron chi connectivity index (χ2n) is 8.51. The Morgan fingerprint density at radius 3 is 2.38 bits per heavy atom. The second-order valence-corrected chi connectivity index (χ2v) is 9.75. The molecule has 1 aliphatic heterocycles. The molecule has 0 spiro atoms. The number of carbonyl (C=O) groups excluding carboxylic acids is 2. The number of amides is 2. The zero-order chi connectivity index (χ0) is 26.5. The minimum absolute atomic E-state index is 0.0373. The molecule has 0 bridgehead atoms. The normalized spacial score (nSPS) is 14.6. The van der Waals surface area contributed by atoms with Crippen LogP contribution in [0, 0.1) is 6.92 Å². The SMILES string of the molecule is CCOc1cc(/C=C2\C(=O)NC(=S)N(c3ccc(CC)cc3)C2=O)c(Br)cc1OCc1cccc(C)c1. The first kappa shape index (κ1) is 26.6. The molecule has 2 amide bonds. The summed E-state index contributed by atoms with van der Waals surface area (Å²) < 4.78 is 12.5. The van der Waals surface area contributed by atoms with E-state index in [1.54, 1.807) is 12.1 Å². The molecule has 8 heteroatoms. The first-order chi connectivity index (χ1) is 17.8. The number of rotatable bonds is 8. The van der Waals surface area contributed by atoms with Crippen LogP contribution in [0.3, 0.4) is 0 Å². The van der Waals surface area contributed by atoms with Gasteiger partial charge in [-0.2, -0.15) is 0 Å². The number of anilines is 1. The first-order valence-electron chi connectivity index (χ1n) is 12.0. The molecule has 190 valence electrons. The number of ether oxygens (including phenoxy) is 2. The van der Waals surface area contributed by atoms with Crippen LogP contribution in [0.5, 0.6) is 11.5 Å². The molecule has 1 N–H and O–H groups in total. The molecule has 0 unspecified atom stereocenters. The van der Waals surface area contributed by atoms with Gasteiger partial charge in [0.15, 0.2) is 16.6 Å². The number of thiocarbonyl (C=S) groups is 1. The Morgan fingerprint density at radius 2 is 1.70 bits per heavy atom. The Balaban J connectivity index is 1.65. The fraction of sp³-hybridized carbons (Fsp3) is 0.207. The van der Waals surface area contributed by atoms with Gasteiger partial charge in [-0.05, 0) is 79.5 Å². The van der Waals surface area contributed by atoms with Crippen LogP contribution in [-0.4, -0.2) is 23.5 Å². The molecule has 0 aromatic heterocycles. The van der Waals surface area contributed by atoms with E-state index in [9.17, 15) is 9.59 Å². The maximum Gasteiger partial charge on any atom is 0.270 e. The van der Waals surface area contributed by atoms with Crippen molar-refractivity contribution >= 4 is 56.8 Å². The van der Waals surface area contributed by atoms with Gasteiger partial charge >= 0.3 is 0 Å². The monoisotopic (exact) mass is 578 g/mol. The van der Waals surface area contributed by atoms with Gasteiger partial charge in [-0.25, -0.2) is 0 Å². The van der Waals surface area contributed by atoms with Crippen LogP contribution < -0.4 is 19.7 Å². The highest BCUT2D eigenvalue weighted by atomic mass is 79.9. The quantitative estimate of drug-likeness (QED) is 0.198. The average molecular weight is 580 g/mol. The summed E-state index contributed by atoms with van der Waals surface area (Å²) in [5.74, 6) is 0.00992. The smallest absolute Gasteiger partial charge is 0.270 e. The van der Waals surface area contributed by atoms with Crippen LogP contribution in [0.4, 0.5) is 5.69 Å². The van der Waals surface area contributed by atoms with Gasteiger partial charge in [0.05, 0.1) is 12.3 Å². The van der Waals surface area contributed by atoms with E-state index in [0.717, 1.165) is 23.1 Å². The van der Waals surface area contributed by atoms with Crippen molar-refractivity contribution in [2.24, 2.45) is 0 Å². The Hall–Kier alpha value is -3.49. The highest BCUT2D eigenvalue weighted by Crippen LogP contribution is 2.36. The van der Waals surface area contributed by atoms with E-state index in [2.05, 4.69) is 34.2 Å². The van der Waals surface area contributed by atoms with Crippen molar-refractivity contribution in [1.29, 1.82) is 0 Å². The summed E-state index contributed by atoms with van der Waals surface area (Å²) in [6.45, 7) is 6.77. The molecule has 1 fully saturated rings. The Labute approximate surface area is 230 Å². The van der Waals surface area contributed by atoms with Crippen LogP contribution in [0.15, 0.2) is 70.7 Å². The lowest BCUT2D eigenvalue weighted by Crippen LogP contribution is -2.54. The van der Waals surface area contributed by atoms with Crippen molar-refractivity contribution in [2.75, 3.05) is 11.5 Å². The highest BCUT2D eigenvalue weighted by molar-refractivity contribution is 9.10. The van der Waals surface area contributed by atoms with Gasteiger partial charge in [0.1, 0.15) is 12.2 Å². The fourth-order valence-electron chi connectivity index (χ4n) is 3.93. The number of benzene rings is 3. The molecule has 4 rings (SSSR count). The minimum Gasteiger partial charge on any atom is -0.490 e. The van der Waals surface area contributed by atoms with Crippen LogP contribution in [0.2, 0.25) is 0 Å². The van der Waals surface area contributed by atoms with E-state index in [1.165, 1.54) is 11.0 Å². The van der Waals surface area contributed by atoms with Crippen molar-refractivity contribution in [2.45, 2.75) is 33.8 Å². The van der Waals surface area contributed by atoms with Gasteiger partial charge in [-0.15, -0.1) is 0 Å². The lowest BCUT2D eigenvalue weighted by atomic mass is 10.1. The zero-order valence-corrected chi connectivity index (χ0v) is 23.2. The molecule has 0 atom stereocenters. The van der Waals surface area contributed by atoms with Crippen LogP contribution in [-0.2, 0) is 22.6 Å². The van der Waals surface area contributed by atoms with Crippen molar-refractivity contribution in [3.05, 3.63) is 93.0 Å². The molecular formula is C29H27BrN2O4S. The fourth-order valence-corrected chi connectivity index (χ4v) is 4.65. The molecule has 0 radical (unpaired) electrons. The Bertz CT molecular complexity index is 1390. The molecular weight excluding hydrogens is 552 g/mol. The molecule has 37 heavy (non-hydrogen) atoms. The Morgan fingerprint density at radius 1 is 0.973 bits per heavy atom. The van der Waals surface area contributed by atoms with Gasteiger partial charge in [0.25, 0.3) is 11.8 Å². The number of aryl methyl sites for hydroxylation is 2. The molecule has 1 heterocycles. The standard InChI is InChI=1S/C29H27BrN2O4S/c1-4-19-9-11-22(12-10-19)32-28(34)23(27(33)31-29(32)37)14-21-15-25(35-5-2)26(16-24(21)30)36-17-20-8-6-7-18(3)13-20/h6-16H,4-5,17H2,1-3H3,(H,31,33,37)/b23-14+. The van der Waals surface area contributed by atoms with Crippen molar-refractivity contribution in [3.8, 4) is 11.5 Å². The lowest BCUT2D eigenvalue weighted by Gasteiger charge is -2.29. The summed E-state index contributed by atoms with van der Waals surface area (Å²) in [4.78, 5) is 27.5. The van der Waals surface area contributed by atoms with Gasteiger partial charge in [0.2, 0.25) is 0 Å². The molecule has 0 aliphatic carbocycles. The summed E-state index contributed by atoms with van der Waals surface area (Å²) in [5, 5.41) is 2.68. The molecule has 1 aliphatic rings. The predicted octanol–water partition coefficient (Wildman–Crippen LogP) is 6.13. The maximum absolute atomic E-state index is 13.4. The number of nitrogens with zero attached hydrogens (tertiary/aromatic N) is 1. The maximum atomic E-state index is 13.4. The molecule has 1 saturated heterocycles. The molecule has 6 nitrogen and oxygen atoms in total. The Kier molecular flexibility index (Phi) is 8.41. The minimum atomic E-state index is -0.555.